The zero-order valence-corrected chi connectivity index (χ0v) is 7.93. The number of benzene rings is 1. The Hall–Kier alpha value is -0.710. The largest absolute Gasteiger partial charge is 0.285 e. The Morgan fingerprint density at radius 2 is 1.83 bits per heavy atom. The molecule has 0 aliphatic rings. The van der Waals surface area contributed by atoms with E-state index in [0.29, 0.717) is 0 Å². The number of rotatable bonds is 2. The monoisotopic (exact) mass is 187 g/mol. The standard InChI is InChI=1S/C8H13NO2S/c1-7-5-3-4-6-8(7)9-12(2,10)11/h3-6,9-11H,1-2H3. The van der Waals surface area contributed by atoms with Gasteiger partial charge < -0.3 is 0 Å². The first kappa shape index (κ1) is 9.38. The summed E-state index contributed by atoms with van der Waals surface area (Å²) in [7, 11) is -2.65. The van der Waals surface area contributed by atoms with Crippen molar-refractivity contribution in [2.45, 2.75) is 6.92 Å². The fourth-order valence-electron chi connectivity index (χ4n) is 0.896. The van der Waals surface area contributed by atoms with Crippen LogP contribution >= 0.6 is 10.8 Å². The number of hydrogen-bond acceptors (Lipinski definition) is 3. The molecular weight excluding hydrogens is 174 g/mol. The number of hydrogen-bond donors (Lipinski definition) is 3. The van der Waals surface area contributed by atoms with Crippen LogP contribution < -0.4 is 4.72 Å². The fourth-order valence-corrected chi connectivity index (χ4v) is 1.54. The van der Waals surface area contributed by atoms with Gasteiger partial charge in [-0.3, -0.25) is 13.8 Å². The predicted molar refractivity (Wildman–Crippen MR) is 53.6 cm³/mol. The van der Waals surface area contributed by atoms with E-state index in [1.807, 2.05) is 31.2 Å². The average molecular weight is 187 g/mol. The second-order valence-corrected chi connectivity index (χ2v) is 4.62. The molecule has 0 radical (unpaired) electrons. The van der Waals surface area contributed by atoms with Crippen molar-refractivity contribution in [3.63, 3.8) is 0 Å². The van der Waals surface area contributed by atoms with E-state index in [-0.39, 0.29) is 0 Å². The third-order valence-electron chi connectivity index (χ3n) is 1.45. The van der Waals surface area contributed by atoms with Gasteiger partial charge in [0.05, 0.1) is 5.69 Å². The molecule has 0 aliphatic carbocycles. The Balaban J connectivity index is 2.83. The van der Waals surface area contributed by atoms with Gasteiger partial charge in [-0.25, -0.2) is 0 Å². The van der Waals surface area contributed by atoms with Crippen molar-refractivity contribution in [1.82, 2.24) is 0 Å². The van der Waals surface area contributed by atoms with E-state index >= 15 is 0 Å². The third-order valence-corrected chi connectivity index (χ3v) is 2.05. The van der Waals surface area contributed by atoms with Crippen molar-refractivity contribution in [3.05, 3.63) is 29.8 Å². The van der Waals surface area contributed by atoms with E-state index in [1.165, 1.54) is 6.26 Å². The number of nitrogens with one attached hydrogen (secondary N) is 1. The van der Waals surface area contributed by atoms with E-state index in [0.717, 1.165) is 11.3 Å². The summed E-state index contributed by atoms with van der Waals surface area (Å²) in [6.07, 6.45) is 1.36. The molecule has 1 aromatic carbocycles. The lowest BCUT2D eigenvalue weighted by molar-refractivity contribution is 0.502. The molecule has 0 bridgehead atoms. The molecule has 0 spiro atoms. The zero-order chi connectivity index (χ0) is 9.19. The summed E-state index contributed by atoms with van der Waals surface area (Å²) in [5.74, 6) is 0. The van der Waals surface area contributed by atoms with Gasteiger partial charge in [-0.2, -0.15) is 0 Å². The maximum absolute atomic E-state index is 9.12. The molecule has 3 N–H and O–H groups in total. The van der Waals surface area contributed by atoms with Gasteiger partial charge in [-0.05, 0) is 18.6 Å². The average Bonchev–Trinajstić information content (AvgIpc) is 1.91. The van der Waals surface area contributed by atoms with Crippen molar-refractivity contribution in [2.24, 2.45) is 0 Å². The highest BCUT2D eigenvalue weighted by molar-refractivity contribution is 8.24. The van der Waals surface area contributed by atoms with Gasteiger partial charge in [-0.1, -0.05) is 18.2 Å². The maximum Gasteiger partial charge on any atom is 0.0564 e. The van der Waals surface area contributed by atoms with Gasteiger partial charge in [0.1, 0.15) is 0 Å². The maximum atomic E-state index is 9.12. The minimum absolute atomic E-state index is 0.764. The van der Waals surface area contributed by atoms with Crippen LogP contribution in [0.5, 0.6) is 0 Å². The van der Waals surface area contributed by atoms with Crippen molar-refractivity contribution in [1.29, 1.82) is 0 Å². The summed E-state index contributed by atoms with van der Waals surface area (Å²) >= 11 is 0. The summed E-state index contributed by atoms with van der Waals surface area (Å²) in [5, 5.41) is 0. The van der Waals surface area contributed by atoms with Crippen LogP contribution in [0.15, 0.2) is 24.3 Å². The van der Waals surface area contributed by atoms with Gasteiger partial charge in [0, 0.05) is 6.26 Å². The third kappa shape index (κ3) is 2.73. The van der Waals surface area contributed by atoms with Gasteiger partial charge in [0.2, 0.25) is 0 Å². The van der Waals surface area contributed by atoms with Crippen molar-refractivity contribution in [2.75, 3.05) is 11.0 Å². The van der Waals surface area contributed by atoms with Crippen LogP contribution in [0.4, 0.5) is 5.69 Å². The minimum atomic E-state index is -2.65. The quantitative estimate of drug-likeness (QED) is 0.667. The van der Waals surface area contributed by atoms with E-state index in [4.69, 9.17) is 9.11 Å². The molecule has 0 unspecified atom stereocenters. The first-order chi connectivity index (χ1) is 5.49. The Morgan fingerprint density at radius 1 is 1.25 bits per heavy atom. The molecule has 4 heteroatoms. The fraction of sp³-hybridized carbons (Fsp3) is 0.250. The van der Waals surface area contributed by atoms with Crippen LogP contribution in [-0.2, 0) is 0 Å². The minimum Gasteiger partial charge on any atom is -0.285 e. The summed E-state index contributed by atoms with van der Waals surface area (Å²) in [4.78, 5) is 0. The Morgan fingerprint density at radius 3 is 2.33 bits per heavy atom. The van der Waals surface area contributed by atoms with Gasteiger partial charge in [-0.15, -0.1) is 10.8 Å². The summed E-state index contributed by atoms with van der Waals surface area (Å²) < 4.78 is 20.9. The SMILES string of the molecule is Cc1ccccc1NS(C)(O)O. The molecule has 68 valence electrons. The van der Waals surface area contributed by atoms with Gasteiger partial charge in [0.25, 0.3) is 0 Å². The lowest BCUT2D eigenvalue weighted by Gasteiger charge is -2.29. The van der Waals surface area contributed by atoms with Crippen LogP contribution in [0.1, 0.15) is 5.56 Å². The molecule has 0 atom stereocenters. The molecule has 0 aliphatic heterocycles. The summed E-state index contributed by atoms with van der Waals surface area (Å²) in [5.41, 5.74) is 1.76. The van der Waals surface area contributed by atoms with E-state index < -0.39 is 10.8 Å². The van der Waals surface area contributed by atoms with Gasteiger partial charge in [0.15, 0.2) is 0 Å². The molecule has 0 fully saturated rings. The predicted octanol–water partition coefficient (Wildman–Crippen LogP) is 2.70. The molecule has 0 aromatic heterocycles. The molecule has 0 saturated carbocycles. The molecular formula is C8H13NO2S. The zero-order valence-electron chi connectivity index (χ0n) is 7.11. The van der Waals surface area contributed by atoms with Crippen LogP contribution in [0.25, 0.3) is 0 Å². The van der Waals surface area contributed by atoms with Crippen molar-refractivity contribution in [3.8, 4) is 0 Å². The summed E-state index contributed by atoms with van der Waals surface area (Å²) in [6.45, 7) is 1.91. The van der Waals surface area contributed by atoms with Crippen molar-refractivity contribution < 1.29 is 9.11 Å². The van der Waals surface area contributed by atoms with Crippen LogP contribution in [0.3, 0.4) is 0 Å². The van der Waals surface area contributed by atoms with Crippen LogP contribution in [-0.4, -0.2) is 15.4 Å². The Bertz CT molecular complexity index is 270. The highest BCUT2D eigenvalue weighted by Crippen LogP contribution is 2.35. The van der Waals surface area contributed by atoms with Crippen LogP contribution in [0, 0.1) is 6.92 Å². The highest BCUT2D eigenvalue weighted by Gasteiger charge is 2.04. The number of para-hydroxylation sites is 1. The van der Waals surface area contributed by atoms with Crippen LogP contribution in [0.2, 0.25) is 0 Å². The molecule has 1 aromatic rings. The Kier molecular flexibility index (Phi) is 2.62. The smallest absolute Gasteiger partial charge is 0.0564 e. The van der Waals surface area contributed by atoms with Crippen molar-refractivity contribution >= 4 is 16.5 Å². The lowest BCUT2D eigenvalue weighted by Crippen LogP contribution is -2.07. The second-order valence-electron chi connectivity index (χ2n) is 2.75. The number of anilines is 1. The molecule has 0 heterocycles. The Labute approximate surface area is 73.9 Å². The lowest BCUT2D eigenvalue weighted by atomic mass is 10.2. The highest BCUT2D eigenvalue weighted by atomic mass is 32.3. The topological polar surface area (TPSA) is 52.5 Å². The summed E-state index contributed by atoms with van der Waals surface area (Å²) in [6, 6.07) is 7.48. The normalized spacial score (nSPS) is 12.7. The van der Waals surface area contributed by atoms with E-state index in [2.05, 4.69) is 4.72 Å². The van der Waals surface area contributed by atoms with Gasteiger partial charge >= 0.3 is 0 Å². The molecule has 0 amide bonds. The van der Waals surface area contributed by atoms with E-state index in [1.54, 1.807) is 0 Å². The van der Waals surface area contributed by atoms with E-state index in [9.17, 15) is 0 Å². The molecule has 0 saturated heterocycles. The first-order valence-corrected chi connectivity index (χ1v) is 5.51. The first-order valence-electron chi connectivity index (χ1n) is 3.55. The number of aryl methyl sites for hydroxylation is 1. The molecule has 1 rings (SSSR count). The molecule has 3 nitrogen and oxygen atoms in total. The second kappa shape index (κ2) is 3.35. The molecule has 12 heavy (non-hydrogen) atoms.